The third-order valence-corrected chi connectivity index (χ3v) is 4.45. The van der Waals surface area contributed by atoms with Gasteiger partial charge in [-0.2, -0.15) is 5.10 Å². The van der Waals surface area contributed by atoms with E-state index in [4.69, 9.17) is 10.5 Å². The lowest BCUT2D eigenvalue weighted by atomic mass is 10.3. The predicted molar refractivity (Wildman–Crippen MR) is 77.9 cm³/mol. The number of ether oxygens (including phenoxy) is 1. The minimum Gasteiger partial charge on any atom is -0.495 e. The highest BCUT2D eigenvalue weighted by atomic mass is 79.9. The molecule has 1 aromatic heterocycles. The lowest BCUT2D eigenvalue weighted by Gasteiger charge is -2.12. The van der Waals surface area contributed by atoms with Gasteiger partial charge in [-0.3, -0.25) is 4.72 Å². The van der Waals surface area contributed by atoms with Crippen molar-refractivity contribution in [3.05, 3.63) is 34.9 Å². The summed E-state index contributed by atoms with van der Waals surface area (Å²) in [4.78, 5) is -0.0775. The molecule has 0 aliphatic heterocycles. The summed E-state index contributed by atoms with van der Waals surface area (Å²) in [5.41, 5.74) is 5.99. The molecule has 9 heteroatoms. The second kappa shape index (κ2) is 5.63. The van der Waals surface area contributed by atoms with E-state index in [1.54, 1.807) is 6.07 Å². The fourth-order valence-corrected chi connectivity index (χ4v) is 2.97. The second-order valence-electron chi connectivity index (χ2n) is 3.74. The Labute approximate surface area is 124 Å². The number of aromatic nitrogens is 2. The van der Waals surface area contributed by atoms with E-state index >= 15 is 0 Å². The number of nitrogens with two attached hydrogens (primary N) is 1. The van der Waals surface area contributed by atoms with Crippen LogP contribution in [0.5, 0.6) is 5.75 Å². The van der Waals surface area contributed by atoms with Crippen LogP contribution < -0.4 is 15.2 Å². The molecule has 0 spiro atoms. The van der Waals surface area contributed by atoms with Crippen LogP contribution in [0.2, 0.25) is 0 Å². The van der Waals surface area contributed by atoms with Crippen molar-refractivity contribution in [2.75, 3.05) is 17.6 Å². The normalized spacial score (nSPS) is 11.1. The summed E-state index contributed by atoms with van der Waals surface area (Å²) < 4.78 is 32.5. The second-order valence-corrected chi connectivity index (χ2v) is 6.24. The Balaban J connectivity index is 2.47. The van der Waals surface area contributed by atoms with E-state index in [0.717, 1.165) is 0 Å². The molecule has 106 valence electrons. The van der Waals surface area contributed by atoms with Gasteiger partial charge in [-0.05, 0) is 40.2 Å². The Kier molecular flexibility index (Phi) is 4.09. The van der Waals surface area contributed by atoms with E-state index in [2.05, 4.69) is 30.8 Å². The zero-order valence-electron chi connectivity index (χ0n) is 10.4. The molecule has 1 aromatic carbocycles. The van der Waals surface area contributed by atoms with Crippen LogP contribution in [0.4, 0.5) is 11.5 Å². The predicted octanol–water partition coefficient (Wildman–Crippen LogP) is 1.63. The molecule has 0 unspecified atom stereocenters. The first-order valence-electron chi connectivity index (χ1n) is 5.37. The Morgan fingerprint density at radius 1 is 1.40 bits per heavy atom. The molecule has 0 radical (unpaired) electrons. The molecule has 0 saturated heterocycles. The highest BCUT2D eigenvalue weighted by molar-refractivity contribution is 9.10. The van der Waals surface area contributed by atoms with E-state index in [1.165, 1.54) is 31.5 Å². The molecule has 2 rings (SSSR count). The van der Waals surface area contributed by atoms with Crippen LogP contribution in [0.25, 0.3) is 0 Å². The van der Waals surface area contributed by atoms with Crippen LogP contribution in [0.1, 0.15) is 0 Å². The topological polar surface area (TPSA) is 107 Å². The maximum Gasteiger partial charge on any atom is 0.266 e. The summed E-state index contributed by atoms with van der Waals surface area (Å²) in [6, 6.07) is 5.85. The van der Waals surface area contributed by atoms with Gasteiger partial charge in [0.1, 0.15) is 10.6 Å². The average Bonchev–Trinajstić information content (AvgIpc) is 2.42. The van der Waals surface area contributed by atoms with Crippen molar-refractivity contribution in [1.82, 2.24) is 10.2 Å². The summed E-state index contributed by atoms with van der Waals surface area (Å²) >= 11 is 3.21. The number of anilines is 2. The summed E-state index contributed by atoms with van der Waals surface area (Å²) in [6.07, 6.45) is 1.44. The van der Waals surface area contributed by atoms with Gasteiger partial charge in [0, 0.05) is 16.4 Å². The molecule has 0 bridgehead atoms. The molecule has 1 heterocycles. The Morgan fingerprint density at radius 2 is 2.15 bits per heavy atom. The van der Waals surface area contributed by atoms with Gasteiger partial charge in [-0.25, -0.2) is 8.42 Å². The molecule has 0 atom stereocenters. The van der Waals surface area contributed by atoms with Crippen molar-refractivity contribution >= 4 is 37.5 Å². The van der Waals surface area contributed by atoms with Gasteiger partial charge < -0.3 is 10.5 Å². The van der Waals surface area contributed by atoms with E-state index in [1.807, 2.05) is 0 Å². The molecular weight excluding hydrogens is 348 g/mol. The number of nitrogens with one attached hydrogen (secondary N) is 1. The molecule has 0 fully saturated rings. The molecular formula is C11H11BrN4O3S. The number of rotatable bonds is 4. The summed E-state index contributed by atoms with van der Waals surface area (Å²) in [5, 5.41) is 7.26. The zero-order valence-corrected chi connectivity index (χ0v) is 12.8. The number of nitrogens with zero attached hydrogens (tertiary/aromatic N) is 2. The van der Waals surface area contributed by atoms with Crippen LogP contribution in [0.15, 0.2) is 39.8 Å². The third-order valence-electron chi connectivity index (χ3n) is 2.38. The molecule has 0 aliphatic rings. The molecule has 7 nitrogen and oxygen atoms in total. The summed E-state index contributed by atoms with van der Waals surface area (Å²) in [6.45, 7) is 0. The highest BCUT2D eigenvalue weighted by Crippen LogP contribution is 2.32. The zero-order chi connectivity index (χ0) is 14.8. The average molecular weight is 359 g/mol. The lowest BCUT2D eigenvalue weighted by Crippen LogP contribution is -2.15. The number of sulfonamides is 1. The van der Waals surface area contributed by atoms with E-state index in [-0.39, 0.29) is 22.2 Å². The molecule has 0 aliphatic carbocycles. The summed E-state index contributed by atoms with van der Waals surface area (Å²) in [5.74, 6) is 0.276. The third kappa shape index (κ3) is 2.99. The van der Waals surface area contributed by atoms with Crippen molar-refractivity contribution in [2.24, 2.45) is 0 Å². The Hall–Kier alpha value is -1.87. The Morgan fingerprint density at radius 3 is 2.75 bits per heavy atom. The van der Waals surface area contributed by atoms with Gasteiger partial charge in [0.25, 0.3) is 10.0 Å². The first-order chi connectivity index (χ1) is 9.44. The van der Waals surface area contributed by atoms with Crippen molar-refractivity contribution in [3.8, 4) is 5.75 Å². The number of benzene rings is 1. The smallest absolute Gasteiger partial charge is 0.266 e. The van der Waals surface area contributed by atoms with Gasteiger partial charge in [-0.1, -0.05) is 0 Å². The van der Waals surface area contributed by atoms with Crippen LogP contribution in [0, 0.1) is 0 Å². The van der Waals surface area contributed by atoms with Crippen molar-refractivity contribution < 1.29 is 13.2 Å². The fourth-order valence-electron chi connectivity index (χ4n) is 1.47. The van der Waals surface area contributed by atoms with Crippen LogP contribution in [-0.4, -0.2) is 25.7 Å². The molecule has 3 N–H and O–H groups in total. The minimum absolute atomic E-state index is 0.0775. The van der Waals surface area contributed by atoms with Crippen LogP contribution in [-0.2, 0) is 10.0 Å². The van der Waals surface area contributed by atoms with Gasteiger partial charge in [0.2, 0.25) is 0 Å². The first-order valence-corrected chi connectivity index (χ1v) is 7.65. The molecule has 20 heavy (non-hydrogen) atoms. The first kappa shape index (κ1) is 14.5. The van der Waals surface area contributed by atoms with E-state index in [9.17, 15) is 8.42 Å². The standard InChI is InChI=1S/C11H11BrN4O3S/c1-19-9-5-7(12)8(13)6-10(9)20(17,18)16-11-3-2-4-14-15-11/h2-6H,13H2,1H3,(H,15,16). The van der Waals surface area contributed by atoms with Gasteiger partial charge in [0.15, 0.2) is 5.82 Å². The van der Waals surface area contributed by atoms with Gasteiger partial charge >= 0.3 is 0 Å². The molecule has 2 aromatic rings. The molecule has 0 amide bonds. The lowest BCUT2D eigenvalue weighted by molar-refractivity contribution is 0.402. The number of halogens is 1. The number of methoxy groups -OCH3 is 1. The van der Waals surface area contributed by atoms with E-state index < -0.39 is 10.0 Å². The van der Waals surface area contributed by atoms with Gasteiger partial charge in [-0.15, -0.1) is 5.10 Å². The number of hydrogen-bond acceptors (Lipinski definition) is 6. The highest BCUT2D eigenvalue weighted by Gasteiger charge is 2.21. The maximum atomic E-state index is 12.3. The molecule has 0 saturated carbocycles. The maximum absolute atomic E-state index is 12.3. The monoisotopic (exact) mass is 358 g/mol. The summed E-state index contributed by atoms with van der Waals surface area (Å²) in [7, 11) is -2.50. The SMILES string of the molecule is COc1cc(Br)c(N)cc1S(=O)(=O)Nc1cccnn1. The van der Waals surface area contributed by atoms with Crippen LogP contribution >= 0.6 is 15.9 Å². The number of nitrogen functional groups attached to an aromatic ring is 1. The minimum atomic E-state index is -3.87. The van der Waals surface area contributed by atoms with Crippen molar-refractivity contribution in [3.63, 3.8) is 0 Å². The Bertz CT molecular complexity index is 722. The largest absolute Gasteiger partial charge is 0.495 e. The van der Waals surface area contributed by atoms with Gasteiger partial charge in [0.05, 0.1) is 7.11 Å². The van der Waals surface area contributed by atoms with Crippen molar-refractivity contribution in [1.29, 1.82) is 0 Å². The van der Waals surface area contributed by atoms with E-state index in [0.29, 0.717) is 4.47 Å². The van der Waals surface area contributed by atoms with Crippen LogP contribution in [0.3, 0.4) is 0 Å². The number of hydrogen-bond donors (Lipinski definition) is 2. The quantitative estimate of drug-likeness (QED) is 0.804. The fraction of sp³-hybridized carbons (Fsp3) is 0.0909. The van der Waals surface area contributed by atoms with Crippen molar-refractivity contribution in [2.45, 2.75) is 4.90 Å².